The van der Waals surface area contributed by atoms with E-state index in [1.54, 1.807) is 18.5 Å². The van der Waals surface area contributed by atoms with Crippen LogP contribution >= 0.6 is 0 Å². The molecule has 0 aliphatic carbocycles. The average Bonchev–Trinajstić information content (AvgIpc) is 2.80. The van der Waals surface area contributed by atoms with E-state index in [4.69, 9.17) is 10.5 Å². The Bertz CT molecular complexity index is 1280. The average molecular weight is 415 g/mol. The third-order valence-electron chi connectivity index (χ3n) is 5.20. The molecular weight excluding hydrogens is 394 g/mol. The fourth-order valence-corrected chi connectivity index (χ4v) is 3.67. The molecule has 1 fully saturated rings. The van der Waals surface area contributed by atoms with Gasteiger partial charge < -0.3 is 25.7 Å². The normalized spacial score (nSPS) is 14.0. The van der Waals surface area contributed by atoms with E-state index in [9.17, 15) is 4.79 Å². The van der Waals surface area contributed by atoms with E-state index in [1.807, 2.05) is 24.3 Å². The van der Waals surface area contributed by atoms with Crippen LogP contribution in [-0.2, 0) is 4.74 Å². The lowest BCUT2D eigenvalue weighted by Crippen LogP contribution is -2.36. The van der Waals surface area contributed by atoms with E-state index < -0.39 is 0 Å². The van der Waals surface area contributed by atoms with Crippen LogP contribution in [0, 0.1) is 0 Å². The number of ether oxygens (including phenoxy) is 1. The van der Waals surface area contributed by atoms with Crippen LogP contribution in [-0.4, -0.2) is 46.2 Å². The highest BCUT2D eigenvalue weighted by Crippen LogP contribution is 2.28. The number of fused-ring (bicyclic) bond motifs is 1. The van der Waals surface area contributed by atoms with Crippen LogP contribution < -0.4 is 21.5 Å². The molecule has 5 rings (SSSR count). The van der Waals surface area contributed by atoms with Crippen molar-refractivity contribution < 1.29 is 4.74 Å². The van der Waals surface area contributed by atoms with Gasteiger partial charge in [0.1, 0.15) is 5.82 Å². The van der Waals surface area contributed by atoms with Crippen molar-refractivity contribution >= 4 is 33.9 Å². The molecule has 0 atom stereocenters. The molecule has 3 aromatic heterocycles. The third-order valence-corrected chi connectivity index (χ3v) is 5.20. The quantitative estimate of drug-likeness (QED) is 0.465. The molecule has 0 spiro atoms. The van der Waals surface area contributed by atoms with Crippen molar-refractivity contribution in [3.63, 3.8) is 0 Å². The first-order chi connectivity index (χ1) is 15.2. The Labute approximate surface area is 177 Å². The summed E-state index contributed by atoms with van der Waals surface area (Å²) < 4.78 is 5.42. The van der Waals surface area contributed by atoms with Crippen LogP contribution in [0.3, 0.4) is 0 Å². The molecule has 0 bridgehead atoms. The minimum atomic E-state index is -0.216. The molecule has 0 saturated carbocycles. The van der Waals surface area contributed by atoms with Crippen molar-refractivity contribution in [2.75, 3.05) is 42.3 Å². The number of nitrogens with one attached hydrogen (secondary N) is 2. The summed E-state index contributed by atoms with van der Waals surface area (Å²) in [6.07, 6.45) is 3.20. The molecule has 9 nitrogen and oxygen atoms in total. The van der Waals surface area contributed by atoms with Crippen molar-refractivity contribution in [1.29, 1.82) is 0 Å². The molecule has 4 N–H and O–H groups in total. The number of pyridine rings is 2. The van der Waals surface area contributed by atoms with E-state index in [0.29, 0.717) is 22.6 Å². The zero-order valence-corrected chi connectivity index (χ0v) is 16.7. The fourth-order valence-electron chi connectivity index (χ4n) is 3.67. The lowest BCUT2D eigenvalue weighted by atomic mass is 10.1. The molecule has 1 aliphatic heterocycles. The van der Waals surface area contributed by atoms with Gasteiger partial charge in [-0.05, 0) is 47.9 Å². The number of hydrogen-bond donors (Lipinski definition) is 3. The summed E-state index contributed by atoms with van der Waals surface area (Å²) in [4.78, 5) is 30.4. The van der Waals surface area contributed by atoms with Crippen LogP contribution in [0.25, 0.3) is 22.2 Å². The maximum atomic E-state index is 12.6. The topological polar surface area (TPSA) is 122 Å². The second kappa shape index (κ2) is 8.04. The molecule has 9 heteroatoms. The van der Waals surface area contributed by atoms with Gasteiger partial charge in [-0.1, -0.05) is 0 Å². The number of anilines is 4. The fraction of sp³-hybridized carbons (Fsp3) is 0.182. The first-order valence-electron chi connectivity index (χ1n) is 9.98. The number of H-pyrrole nitrogens is 1. The summed E-state index contributed by atoms with van der Waals surface area (Å²) in [6.45, 7) is 3.22. The van der Waals surface area contributed by atoms with Gasteiger partial charge in [-0.2, -0.15) is 0 Å². The molecule has 0 radical (unpaired) electrons. The maximum absolute atomic E-state index is 12.6. The summed E-state index contributed by atoms with van der Waals surface area (Å²) in [5.41, 5.74) is 8.66. The van der Waals surface area contributed by atoms with Crippen molar-refractivity contribution in [2.24, 2.45) is 0 Å². The molecule has 1 aromatic carbocycles. The van der Waals surface area contributed by atoms with Crippen molar-refractivity contribution in [3.8, 4) is 11.4 Å². The van der Waals surface area contributed by atoms with Crippen LogP contribution in [0.4, 0.5) is 23.1 Å². The largest absolute Gasteiger partial charge is 0.378 e. The summed E-state index contributed by atoms with van der Waals surface area (Å²) in [7, 11) is 0. The number of nitrogens with two attached hydrogens (primary N) is 1. The second-order valence-electron chi connectivity index (χ2n) is 7.20. The lowest BCUT2D eigenvalue weighted by Gasteiger charge is -2.28. The summed E-state index contributed by atoms with van der Waals surface area (Å²) in [6, 6.07) is 13.4. The van der Waals surface area contributed by atoms with Gasteiger partial charge in [0.2, 0.25) is 5.95 Å². The summed E-state index contributed by atoms with van der Waals surface area (Å²) >= 11 is 0. The maximum Gasteiger partial charge on any atom is 0.259 e. The van der Waals surface area contributed by atoms with Crippen molar-refractivity contribution in [1.82, 2.24) is 19.9 Å². The van der Waals surface area contributed by atoms with E-state index in [0.717, 1.165) is 43.1 Å². The number of aromatic nitrogens is 4. The van der Waals surface area contributed by atoms with Gasteiger partial charge in [-0.15, -0.1) is 0 Å². The van der Waals surface area contributed by atoms with E-state index in [2.05, 4.69) is 42.3 Å². The van der Waals surface area contributed by atoms with Crippen LogP contribution in [0.5, 0.6) is 0 Å². The summed E-state index contributed by atoms with van der Waals surface area (Å²) in [5, 5.41) is 4.52. The molecular formula is C22H21N7O2. The predicted octanol–water partition coefficient (Wildman–Crippen LogP) is 2.54. The van der Waals surface area contributed by atoms with Gasteiger partial charge in [-0.3, -0.25) is 4.79 Å². The molecule has 1 aliphatic rings. The first-order valence-corrected chi connectivity index (χ1v) is 9.98. The van der Waals surface area contributed by atoms with Crippen molar-refractivity contribution in [2.45, 2.75) is 0 Å². The molecule has 31 heavy (non-hydrogen) atoms. The highest BCUT2D eigenvalue weighted by molar-refractivity contribution is 5.95. The van der Waals surface area contributed by atoms with Crippen LogP contribution in [0.2, 0.25) is 0 Å². The molecule has 156 valence electrons. The van der Waals surface area contributed by atoms with Crippen LogP contribution in [0.1, 0.15) is 0 Å². The Balaban J connectivity index is 1.53. The minimum Gasteiger partial charge on any atom is -0.378 e. The number of morpholine rings is 1. The number of rotatable bonds is 4. The Morgan fingerprint density at radius 1 is 1.03 bits per heavy atom. The zero-order chi connectivity index (χ0) is 21.2. The molecule has 0 unspecified atom stereocenters. The van der Waals surface area contributed by atoms with Gasteiger partial charge in [0.25, 0.3) is 5.56 Å². The van der Waals surface area contributed by atoms with Crippen molar-refractivity contribution in [3.05, 3.63) is 65.2 Å². The third kappa shape index (κ3) is 3.90. The molecule has 4 aromatic rings. The highest BCUT2D eigenvalue weighted by Gasteiger charge is 2.14. The minimum absolute atomic E-state index is 0.165. The standard InChI is InChI=1S/C22H21N7O2/c23-22-25-8-6-17(28-22)18-13-14-5-7-24-21(30)19(14)20(27-18)26-15-1-3-16(4-2-15)29-9-11-31-12-10-29/h1-8,13H,9-12H2,(H,24,30)(H,26,27)(H2,23,25,28). The van der Waals surface area contributed by atoms with Crippen LogP contribution in [0.15, 0.2) is 59.7 Å². The Morgan fingerprint density at radius 2 is 1.84 bits per heavy atom. The highest BCUT2D eigenvalue weighted by atomic mass is 16.5. The number of nitrogen functional groups attached to an aromatic ring is 1. The Hall–Kier alpha value is -3.98. The number of aromatic amines is 1. The SMILES string of the molecule is Nc1nccc(-c2cc3cc[nH]c(=O)c3c(Nc3ccc(N4CCOCC4)cc3)n2)n1. The number of hydrogen-bond acceptors (Lipinski definition) is 8. The smallest absolute Gasteiger partial charge is 0.259 e. The Morgan fingerprint density at radius 3 is 2.61 bits per heavy atom. The molecule has 1 saturated heterocycles. The van der Waals surface area contributed by atoms with E-state index >= 15 is 0 Å². The lowest BCUT2D eigenvalue weighted by molar-refractivity contribution is 0.122. The van der Waals surface area contributed by atoms with E-state index in [1.165, 1.54) is 0 Å². The van der Waals surface area contributed by atoms with Gasteiger partial charge in [0, 0.05) is 36.9 Å². The number of benzene rings is 1. The predicted molar refractivity (Wildman–Crippen MR) is 121 cm³/mol. The molecule has 0 amide bonds. The number of nitrogens with zero attached hydrogens (tertiary/aromatic N) is 4. The van der Waals surface area contributed by atoms with Gasteiger partial charge in [0.15, 0.2) is 0 Å². The van der Waals surface area contributed by atoms with E-state index in [-0.39, 0.29) is 11.5 Å². The Kier molecular flexibility index (Phi) is 4.93. The van der Waals surface area contributed by atoms with Gasteiger partial charge in [0.05, 0.1) is 30.0 Å². The van der Waals surface area contributed by atoms with Gasteiger partial charge >= 0.3 is 0 Å². The second-order valence-corrected chi connectivity index (χ2v) is 7.20. The monoisotopic (exact) mass is 415 g/mol. The summed E-state index contributed by atoms with van der Waals surface area (Å²) in [5.74, 6) is 0.615. The molecule has 4 heterocycles. The van der Waals surface area contributed by atoms with Gasteiger partial charge in [-0.25, -0.2) is 15.0 Å². The first kappa shape index (κ1) is 19.0. The zero-order valence-electron chi connectivity index (χ0n) is 16.7.